The first kappa shape index (κ1) is 20.6. The van der Waals surface area contributed by atoms with Crippen molar-refractivity contribution in [2.24, 2.45) is 5.92 Å². The average molecular weight is 413 g/mol. The van der Waals surface area contributed by atoms with Crippen molar-refractivity contribution in [2.75, 3.05) is 24.5 Å². The molecule has 30 heavy (non-hydrogen) atoms. The molecule has 2 aliphatic heterocycles. The third-order valence-electron chi connectivity index (χ3n) is 5.91. The van der Waals surface area contributed by atoms with E-state index >= 15 is 0 Å². The number of anilines is 1. The Labute approximate surface area is 174 Å². The maximum absolute atomic E-state index is 13.1. The molecule has 0 spiro atoms. The smallest absolute Gasteiger partial charge is 0.251 e. The summed E-state index contributed by atoms with van der Waals surface area (Å²) in [6.07, 6.45) is 2.13. The fourth-order valence-corrected chi connectivity index (χ4v) is 4.16. The van der Waals surface area contributed by atoms with Crippen molar-refractivity contribution in [3.05, 3.63) is 65.7 Å². The molecule has 2 fully saturated rings. The van der Waals surface area contributed by atoms with Crippen LogP contribution in [-0.2, 0) is 16.1 Å². The summed E-state index contributed by atoms with van der Waals surface area (Å²) in [4.78, 5) is 28.5. The summed E-state index contributed by atoms with van der Waals surface area (Å²) in [7, 11) is 0. The summed E-state index contributed by atoms with van der Waals surface area (Å²) in [5.74, 6) is -0.726. The number of halogens is 2. The van der Waals surface area contributed by atoms with E-state index in [-0.39, 0.29) is 24.1 Å². The van der Waals surface area contributed by atoms with Gasteiger partial charge >= 0.3 is 0 Å². The van der Waals surface area contributed by atoms with Gasteiger partial charge in [-0.1, -0.05) is 12.1 Å². The van der Waals surface area contributed by atoms with Gasteiger partial charge in [0.1, 0.15) is 11.6 Å². The Balaban J connectivity index is 1.24. The number of rotatable bonds is 6. The third-order valence-corrected chi connectivity index (χ3v) is 5.91. The molecule has 2 aromatic carbocycles. The van der Waals surface area contributed by atoms with E-state index in [9.17, 15) is 18.4 Å². The molecule has 0 radical (unpaired) electrons. The number of imide groups is 1. The van der Waals surface area contributed by atoms with Gasteiger partial charge in [-0.3, -0.25) is 14.5 Å². The number of piperidine rings is 1. The van der Waals surface area contributed by atoms with Crippen LogP contribution in [0.3, 0.4) is 0 Å². The van der Waals surface area contributed by atoms with Crippen molar-refractivity contribution >= 4 is 17.5 Å². The lowest BCUT2D eigenvalue weighted by molar-refractivity contribution is -0.121. The molecule has 1 N–H and O–H groups in total. The Kier molecular flexibility index (Phi) is 6.20. The molecule has 2 amide bonds. The lowest BCUT2D eigenvalue weighted by Gasteiger charge is -2.32. The molecule has 158 valence electrons. The van der Waals surface area contributed by atoms with Crippen molar-refractivity contribution in [1.82, 2.24) is 10.2 Å². The Morgan fingerprint density at radius 1 is 0.900 bits per heavy atom. The van der Waals surface area contributed by atoms with Crippen LogP contribution in [0.5, 0.6) is 0 Å². The number of nitrogens with zero attached hydrogens (tertiary/aromatic N) is 2. The van der Waals surface area contributed by atoms with E-state index < -0.39 is 11.9 Å². The van der Waals surface area contributed by atoms with E-state index in [0.717, 1.165) is 42.9 Å². The van der Waals surface area contributed by atoms with E-state index in [1.807, 2.05) is 12.1 Å². The van der Waals surface area contributed by atoms with E-state index in [4.69, 9.17) is 0 Å². The van der Waals surface area contributed by atoms with Crippen LogP contribution in [-0.4, -0.2) is 42.4 Å². The van der Waals surface area contributed by atoms with Gasteiger partial charge in [-0.05, 0) is 80.4 Å². The molecular weight excluding hydrogens is 388 g/mol. The first-order chi connectivity index (χ1) is 14.5. The van der Waals surface area contributed by atoms with E-state index in [2.05, 4.69) is 10.2 Å². The van der Waals surface area contributed by atoms with Gasteiger partial charge in [0.2, 0.25) is 5.91 Å². The fraction of sp³-hybridized carbons (Fsp3) is 0.391. The van der Waals surface area contributed by atoms with E-state index in [1.54, 1.807) is 0 Å². The first-order valence-corrected chi connectivity index (χ1v) is 10.3. The molecule has 2 aliphatic rings. The van der Waals surface area contributed by atoms with Crippen molar-refractivity contribution in [2.45, 2.75) is 31.8 Å². The van der Waals surface area contributed by atoms with E-state index in [1.165, 1.54) is 36.4 Å². The fourth-order valence-electron chi connectivity index (χ4n) is 4.16. The minimum Gasteiger partial charge on any atom is -0.305 e. The minimum atomic E-state index is -0.528. The van der Waals surface area contributed by atoms with Gasteiger partial charge in [-0.15, -0.1) is 0 Å². The predicted molar refractivity (Wildman–Crippen MR) is 110 cm³/mol. The van der Waals surface area contributed by atoms with Gasteiger partial charge in [0.25, 0.3) is 5.91 Å². The predicted octanol–water partition coefficient (Wildman–Crippen LogP) is 3.10. The molecule has 4 rings (SSSR count). The normalized spacial score (nSPS) is 20.9. The number of hydrogen-bond acceptors (Lipinski definition) is 4. The quantitative estimate of drug-likeness (QED) is 0.740. The maximum Gasteiger partial charge on any atom is 0.251 e. The lowest BCUT2D eigenvalue weighted by atomic mass is 9.96. The van der Waals surface area contributed by atoms with Gasteiger partial charge in [0.15, 0.2) is 0 Å². The number of amides is 2. The van der Waals surface area contributed by atoms with Gasteiger partial charge in [-0.2, -0.15) is 0 Å². The maximum atomic E-state index is 13.1. The monoisotopic (exact) mass is 413 g/mol. The summed E-state index contributed by atoms with van der Waals surface area (Å²) in [6, 6.07) is 11.5. The molecule has 7 heteroatoms. The van der Waals surface area contributed by atoms with Gasteiger partial charge in [0.05, 0.1) is 18.2 Å². The lowest BCUT2D eigenvalue weighted by Crippen LogP contribution is -2.43. The number of benzene rings is 2. The third kappa shape index (κ3) is 4.74. The van der Waals surface area contributed by atoms with Crippen LogP contribution in [0.2, 0.25) is 0 Å². The zero-order valence-corrected chi connectivity index (χ0v) is 16.7. The van der Waals surface area contributed by atoms with E-state index in [0.29, 0.717) is 18.2 Å². The SMILES string of the molecule is O=C1CC(NCC2CCN(Cc3ccc(F)cc3)CC2)C(=O)N1c1ccc(F)cc1. The highest BCUT2D eigenvalue weighted by Gasteiger charge is 2.39. The number of hydrogen-bond donors (Lipinski definition) is 1. The zero-order valence-electron chi connectivity index (χ0n) is 16.7. The highest BCUT2D eigenvalue weighted by molar-refractivity contribution is 6.22. The summed E-state index contributed by atoms with van der Waals surface area (Å²) in [6.45, 7) is 3.39. The van der Waals surface area contributed by atoms with Crippen LogP contribution in [0.25, 0.3) is 0 Å². The summed E-state index contributed by atoms with van der Waals surface area (Å²) in [5, 5.41) is 3.27. The van der Waals surface area contributed by atoms with Crippen LogP contribution >= 0.6 is 0 Å². The second-order valence-electron chi connectivity index (χ2n) is 8.05. The van der Waals surface area contributed by atoms with Crippen molar-refractivity contribution in [1.29, 1.82) is 0 Å². The van der Waals surface area contributed by atoms with Gasteiger partial charge in [-0.25, -0.2) is 13.7 Å². The van der Waals surface area contributed by atoms with Crippen molar-refractivity contribution in [3.63, 3.8) is 0 Å². The largest absolute Gasteiger partial charge is 0.305 e. The van der Waals surface area contributed by atoms with Gasteiger partial charge in [0, 0.05) is 6.54 Å². The number of likely N-dealkylation sites (tertiary alicyclic amines) is 1. The van der Waals surface area contributed by atoms with Crippen LogP contribution < -0.4 is 10.2 Å². The molecule has 5 nitrogen and oxygen atoms in total. The molecule has 2 heterocycles. The molecule has 1 unspecified atom stereocenters. The highest BCUT2D eigenvalue weighted by Crippen LogP contribution is 2.24. The number of carbonyl (C=O) groups is 2. The number of nitrogens with one attached hydrogen (secondary N) is 1. The Bertz CT molecular complexity index is 894. The molecule has 2 aromatic rings. The topological polar surface area (TPSA) is 52.7 Å². The van der Waals surface area contributed by atoms with Crippen LogP contribution in [0.4, 0.5) is 14.5 Å². The molecule has 0 aliphatic carbocycles. The molecule has 0 saturated carbocycles. The van der Waals surface area contributed by atoms with Crippen molar-refractivity contribution < 1.29 is 18.4 Å². The minimum absolute atomic E-state index is 0.125. The second-order valence-corrected chi connectivity index (χ2v) is 8.05. The Morgan fingerprint density at radius 3 is 2.13 bits per heavy atom. The summed E-state index contributed by atoms with van der Waals surface area (Å²) < 4.78 is 26.2. The zero-order chi connectivity index (χ0) is 21.1. The second kappa shape index (κ2) is 9.02. The highest BCUT2D eigenvalue weighted by atomic mass is 19.1. The van der Waals surface area contributed by atoms with Crippen LogP contribution in [0, 0.1) is 17.6 Å². The number of carbonyl (C=O) groups excluding carboxylic acids is 2. The Morgan fingerprint density at radius 2 is 1.50 bits per heavy atom. The van der Waals surface area contributed by atoms with Gasteiger partial charge < -0.3 is 5.32 Å². The molecule has 1 atom stereocenters. The first-order valence-electron chi connectivity index (χ1n) is 10.3. The van der Waals surface area contributed by atoms with Crippen molar-refractivity contribution in [3.8, 4) is 0 Å². The molecule has 2 saturated heterocycles. The van der Waals surface area contributed by atoms with Crippen LogP contribution in [0.15, 0.2) is 48.5 Å². The molecular formula is C23H25F2N3O2. The van der Waals surface area contributed by atoms with Crippen LogP contribution in [0.1, 0.15) is 24.8 Å². The summed E-state index contributed by atoms with van der Waals surface area (Å²) >= 11 is 0. The summed E-state index contributed by atoms with van der Waals surface area (Å²) in [5.41, 5.74) is 1.51. The Hall–Kier alpha value is -2.64. The molecule has 0 aromatic heterocycles. The standard InChI is InChI=1S/C23H25F2N3O2/c24-18-3-1-17(2-4-18)15-27-11-9-16(10-12-27)14-26-21-13-22(29)28(23(21)30)20-7-5-19(25)6-8-20/h1-8,16,21,26H,9-15H2. The average Bonchev–Trinajstić information content (AvgIpc) is 3.03. The molecule has 0 bridgehead atoms.